The fraction of sp³-hybridized carbons (Fsp3) is 0.111. The molecule has 0 amide bonds. The van der Waals surface area contributed by atoms with Crippen LogP contribution in [0.3, 0.4) is 0 Å². The second-order valence-corrected chi connectivity index (χ2v) is 3.90. The SMILES string of the molecule is Cc1cc(N)n(-c2cncc(Br)c2)n1. The van der Waals surface area contributed by atoms with Crippen LogP contribution in [0.4, 0.5) is 5.82 Å². The summed E-state index contributed by atoms with van der Waals surface area (Å²) in [5.41, 5.74) is 7.52. The van der Waals surface area contributed by atoms with Gasteiger partial charge in [-0.05, 0) is 28.9 Å². The molecule has 2 N–H and O–H groups in total. The first kappa shape index (κ1) is 9.21. The standard InChI is InChI=1S/C9H9BrN4/c1-6-2-9(11)14(13-6)8-3-7(10)4-12-5-8/h2-5H,11H2,1H3. The van der Waals surface area contributed by atoms with Gasteiger partial charge < -0.3 is 5.73 Å². The van der Waals surface area contributed by atoms with Crippen molar-refractivity contribution in [2.75, 3.05) is 5.73 Å². The van der Waals surface area contributed by atoms with Crippen molar-refractivity contribution in [1.82, 2.24) is 14.8 Å². The summed E-state index contributed by atoms with van der Waals surface area (Å²) in [6.07, 6.45) is 3.43. The van der Waals surface area contributed by atoms with E-state index >= 15 is 0 Å². The van der Waals surface area contributed by atoms with Gasteiger partial charge in [0, 0.05) is 16.7 Å². The maximum atomic E-state index is 5.78. The molecular formula is C9H9BrN4. The molecule has 0 radical (unpaired) electrons. The molecule has 0 fully saturated rings. The number of aryl methyl sites for hydroxylation is 1. The van der Waals surface area contributed by atoms with Crippen molar-refractivity contribution in [3.8, 4) is 5.69 Å². The first-order valence-corrected chi connectivity index (χ1v) is 4.89. The van der Waals surface area contributed by atoms with Gasteiger partial charge in [-0.1, -0.05) is 0 Å². The number of nitrogens with zero attached hydrogens (tertiary/aromatic N) is 3. The van der Waals surface area contributed by atoms with Gasteiger partial charge in [-0.25, -0.2) is 4.68 Å². The normalized spacial score (nSPS) is 10.4. The molecule has 0 bridgehead atoms. The number of pyridine rings is 1. The number of hydrogen-bond donors (Lipinski definition) is 1. The molecule has 0 atom stereocenters. The van der Waals surface area contributed by atoms with Crippen LogP contribution in [0.1, 0.15) is 5.69 Å². The van der Waals surface area contributed by atoms with E-state index in [9.17, 15) is 0 Å². The Balaban J connectivity index is 2.54. The number of rotatable bonds is 1. The number of aromatic nitrogens is 3. The Labute approximate surface area is 89.9 Å². The highest BCUT2D eigenvalue weighted by Crippen LogP contribution is 2.16. The van der Waals surface area contributed by atoms with Gasteiger partial charge in [-0.15, -0.1) is 0 Å². The van der Waals surface area contributed by atoms with E-state index < -0.39 is 0 Å². The van der Waals surface area contributed by atoms with Crippen molar-refractivity contribution < 1.29 is 0 Å². The van der Waals surface area contributed by atoms with E-state index in [0.717, 1.165) is 15.9 Å². The van der Waals surface area contributed by atoms with Crippen LogP contribution in [-0.2, 0) is 0 Å². The van der Waals surface area contributed by atoms with Crippen LogP contribution in [0.25, 0.3) is 5.69 Å². The molecule has 0 aliphatic rings. The van der Waals surface area contributed by atoms with Crippen LogP contribution in [0, 0.1) is 6.92 Å². The molecule has 2 heterocycles. The molecule has 2 aromatic heterocycles. The molecule has 4 nitrogen and oxygen atoms in total. The Hall–Kier alpha value is -1.36. The van der Waals surface area contributed by atoms with Crippen molar-refractivity contribution in [2.45, 2.75) is 6.92 Å². The highest BCUT2D eigenvalue weighted by atomic mass is 79.9. The molecule has 0 aliphatic heterocycles. The quantitative estimate of drug-likeness (QED) is 0.844. The van der Waals surface area contributed by atoms with Crippen molar-refractivity contribution in [1.29, 1.82) is 0 Å². The predicted octanol–water partition coefficient (Wildman–Crippen LogP) is 1.92. The highest BCUT2D eigenvalue weighted by molar-refractivity contribution is 9.10. The third kappa shape index (κ3) is 1.63. The molecule has 14 heavy (non-hydrogen) atoms. The molecular weight excluding hydrogens is 244 g/mol. The fourth-order valence-electron chi connectivity index (χ4n) is 1.24. The van der Waals surface area contributed by atoms with E-state index in [-0.39, 0.29) is 0 Å². The lowest BCUT2D eigenvalue weighted by Crippen LogP contribution is -2.01. The Morgan fingerprint density at radius 3 is 2.71 bits per heavy atom. The summed E-state index contributed by atoms with van der Waals surface area (Å²) in [6.45, 7) is 1.90. The molecule has 0 saturated heterocycles. The van der Waals surface area contributed by atoms with E-state index in [4.69, 9.17) is 5.73 Å². The monoisotopic (exact) mass is 252 g/mol. The molecule has 0 saturated carbocycles. The highest BCUT2D eigenvalue weighted by Gasteiger charge is 2.04. The molecule has 0 aliphatic carbocycles. The zero-order valence-corrected chi connectivity index (χ0v) is 9.19. The van der Waals surface area contributed by atoms with Gasteiger partial charge in [0.2, 0.25) is 0 Å². The fourth-order valence-corrected chi connectivity index (χ4v) is 1.60. The number of anilines is 1. The largest absolute Gasteiger partial charge is 0.384 e. The average molecular weight is 253 g/mol. The maximum absolute atomic E-state index is 5.78. The number of nitrogens with two attached hydrogens (primary N) is 1. The summed E-state index contributed by atoms with van der Waals surface area (Å²) in [5.74, 6) is 0.613. The molecule has 0 unspecified atom stereocenters. The van der Waals surface area contributed by atoms with Gasteiger partial charge in [0.05, 0.1) is 17.6 Å². The Morgan fingerprint density at radius 1 is 1.36 bits per heavy atom. The van der Waals surface area contributed by atoms with E-state index in [0.29, 0.717) is 5.82 Å². The molecule has 2 rings (SSSR count). The van der Waals surface area contributed by atoms with Gasteiger partial charge in [-0.3, -0.25) is 4.98 Å². The van der Waals surface area contributed by atoms with Crippen LogP contribution in [0.5, 0.6) is 0 Å². The van der Waals surface area contributed by atoms with E-state index in [1.165, 1.54) is 0 Å². The summed E-state index contributed by atoms with van der Waals surface area (Å²) in [4.78, 5) is 4.05. The zero-order chi connectivity index (χ0) is 10.1. The van der Waals surface area contributed by atoms with Crippen LogP contribution in [0.2, 0.25) is 0 Å². The number of hydrogen-bond acceptors (Lipinski definition) is 3. The lowest BCUT2D eigenvalue weighted by atomic mass is 10.4. The van der Waals surface area contributed by atoms with E-state index in [1.54, 1.807) is 17.1 Å². The van der Waals surface area contributed by atoms with Crippen molar-refractivity contribution in [2.24, 2.45) is 0 Å². The van der Waals surface area contributed by atoms with Crippen LogP contribution in [0.15, 0.2) is 29.0 Å². The van der Waals surface area contributed by atoms with Gasteiger partial charge in [0.15, 0.2) is 0 Å². The summed E-state index contributed by atoms with van der Waals surface area (Å²) >= 11 is 3.35. The summed E-state index contributed by atoms with van der Waals surface area (Å²) in [6, 6.07) is 3.73. The van der Waals surface area contributed by atoms with Crippen molar-refractivity contribution in [3.05, 3.63) is 34.7 Å². The minimum absolute atomic E-state index is 0.613. The lowest BCUT2D eigenvalue weighted by Gasteiger charge is -2.02. The molecule has 5 heteroatoms. The van der Waals surface area contributed by atoms with Crippen LogP contribution < -0.4 is 5.73 Å². The van der Waals surface area contributed by atoms with Crippen LogP contribution in [-0.4, -0.2) is 14.8 Å². The topological polar surface area (TPSA) is 56.7 Å². The van der Waals surface area contributed by atoms with Gasteiger partial charge in [0.1, 0.15) is 5.82 Å². The Kier molecular flexibility index (Phi) is 2.25. The van der Waals surface area contributed by atoms with Gasteiger partial charge in [-0.2, -0.15) is 5.10 Å². The first-order chi connectivity index (χ1) is 6.66. The third-order valence-corrected chi connectivity index (χ3v) is 2.23. The summed E-state index contributed by atoms with van der Waals surface area (Å²) in [7, 11) is 0. The second-order valence-electron chi connectivity index (χ2n) is 2.98. The zero-order valence-electron chi connectivity index (χ0n) is 7.61. The van der Waals surface area contributed by atoms with Gasteiger partial charge >= 0.3 is 0 Å². The number of halogens is 1. The molecule has 0 aromatic carbocycles. The number of nitrogen functional groups attached to an aromatic ring is 1. The maximum Gasteiger partial charge on any atom is 0.127 e. The summed E-state index contributed by atoms with van der Waals surface area (Å²) in [5, 5.41) is 4.25. The second kappa shape index (κ2) is 3.42. The Morgan fingerprint density at radius 2 is 2.14 bits per heavy atom. The van der Waals surface area contributed by atoms with Gasteiger partial charge in [0.25, 0.3) is 0 Å². The molecule has 2 aromatic rings. The molecule has 72 valence electrons. The minimum Gasteiger partial charge on any atom is -0.384 e. The lowest BCUT2D eigenvalue weighted by molar-refractivity contribution is 0.865. The van der Waals surface area contributed by atoms with Crippen molar-refractivity contribution >= 4 is 21.7 Å². The van der Waals surface area contributed by atoms with Crippen LogP contribution >= 0.6 is 15.9 Å². The predicted molar refractivity (Wildman–Crippen MR) is 58.2 cm³/mol. The third-order valence-electron chi connectivity index (χ3n) is 1.79. The first-order valence-electron chi connectivity index (χ1n) is 4.10. The average Bonchev–Trinajstić information content (AvgIpc) is 2.45. The van der Waals surface area contributed by atoms with E-state index in [2.05, 4.69) is 26.0 Å². The minimum atomic E-state index is 0.613. The molecule has 0 spiro atoms. The smallest absolute Gasteiger partial charge is 0.127 e. The summed E-state index contributed by atoms with van der Waals surface area (Å²) < 4.78 is 2.56. The van der Waals surface area contributed by atoms with Crippen molar-refractivity contribution in [3.63, 3.8) is 0 Å². The van der Waals surface area contributed by atoms with E-state index in [1.807, 2.05) is 19.1 Å². The Bertz CT molecular complexity index is 464.